The van der Waals surface area contributed by atoms with Crippen molar-refractivity contribution in [1.82, 2.24) is 9.88 Å². The molecule has 3 rings (SSSR count). The second-order valence-electron chi connectivity index (χ2n) is 6.49. The number of nitrogens with one attached hydrogen (secondary N) is 1. The van der Waals surface area contributed by atoms with E-state index in [4.69, 9.17) is 23.2 Å². The fraction of sp³-hybridized carbons (Fsp3) is 0.286. The number of benzene rings is 2. The van der Waals surface area contributed by atoms with Gasteiger partial charge in [-0.2, -0.15) is 0 Å². The Bertz CT molecular complexity index is 933. The third-order valence-corrected chi connectivity index (χ3v) is 5.16. The maximum Gasteiger partial charge on any atom is 0.253 e. The van der Waals surface area contributed by atoms with E-state index in [-0.39, 0.29) is 11.9 Å². The van der Waals surface area contributed by atoms with Crippen molar-refractivity contribution in [3.8, 4) is 0 Å². The highest BCUT2D eigenvalue weighted by Crippen LogP contribution is 2.23. The second-order valence-corrected chi connectivity index (χ2v) is 7.34. The van der Waals surface area contributed by atoms with Crippen LogP contribution >= 0.6 is 23.2 Å². The molecule has 1 atom stereocenters. The van der Waals surface area contributed by atoms with Gasteiger partial charge in [-0.1, -0.05) is 41.4 Å². The SMILES string of the molecule is CCn1cc(CCC(C)NC(=O)c2ccc(Cl)cc2Cl)c2ccccc21. The van der Waals surface area contributed by atoms with Crippen molar-refractivity contribution in [3.63, 3.8) is 0 Å². The minimum absolute atomic E-state index is 0.0398. The van der Waals surface area contributed by atoms with Crippen LogP contribution in [0.1, 0.15) is 36.2 Å². The summed E-state index contributed by atoms with van der Waals surface area (Å²) in [5.74, 6) is -0.171. The average molecular weight is 389 g/mol. The monoisotopic (exact) mass is 388 g/mol. The molecule has 0 spiro atoms. The normalized spacial score (nSPS) is 12.3. The van der Waals surface area contributed by atoms with Crippen molar-refractivity contribution >= 4 is 40.0 Å². The highest BCUT2D eigenvalue weighted by atomic mass is 35.5. The molecule has 3 nitrogen and oxygen atoms in total. The number of para-hydroxylation sites is 1. The van der Waals surface area contributed by atoms with E-state index in [2.05, 4.69) is 47.3 Å². The molecule has 0 fully saturated rings. The molecule has 0 aliphatic heterocycles. The van der Waals surface area contributed by atoms with Gasteiger partial charge in [0.05, 0.1) is 10.6 Å². The molecule has 0 saturated carbocycles. The molecule has 0 radical (unpaired) electrons. The van der Waals surface area contributed by atoms with Crippen molar-refractivity contribution in [3.05, 3.63) is 69.8 Å². The van der Waals surface area contributed by atoms with Gasteiger partial charge in [-0.3, -0.25) is 4.79 Å². The number of carbonyl (C=O) groups is 1. The Labute approximate surface area is 163 Å². The lowest BCUT2D eigenvalue weighted by molar-refractivity contribution is 0.0938. The fourth-order valence-corrected chi connectivity index (χ4v) is 3.70. The standard InChI is InChI=1S/C21H22Cl2N2O/c1-3-25-13-15(17-6-4-5-7-20(17)25)9-8-14(2)24-21(26)18-11-10-16(22)12-19(18)23/h4-7,10-14H,3,8-9H2,1-2H3,(H,24,26). The smallest absolute Gasteiger partial charge is 0.253 e. The third-order valence-electron chi connectivity index (χ3n) is 4.61. The zero-order valence-electron chi connectivity index (χ0n) is 14.9. The minimum atomic E-state index is -0.171. The summed E-state index contributed by atoms with van der Waals surface area (Å²) in [6.07, 6.45) is 3.98. The fourth-order valence-electron chi connectivity index (χ4n) is 3.20. The lowest BCUT2D eigenvalue weighted by Gasteiger charge is -2.14. The maximum atomic E-state index is 12.4. The highest BCUT2D eigenvalue weighted by Gasteiger charge is 2.14. The molecule has 1 N–H and O–H groups in total. The molecule has 136 valence electrons. The van der Waals surface area contributed by atoms with Crippen LogP contribution in [0.15, 0.2) is 48.7 Å². The maximum absolute atomic E-state index is 12.4. The zero-order chi connectivity index (χ0) is 18.7. The summed E-state index contributed by atoms with van der Waals surface area (Å²) in [6, 6.07) is 13.4. The van der Waals surface area contributed by atoms with Crippen LogP contribution < -0.4 is 5.32 Å². The van der Waals surface area contributed by atoms with Gasteiger partial charge in [0.25, 0.3) is 5.91 Å². The van der Waals surface area contributed by atoms with Crippen LogP contribution in [-0.4, -0.2) is 16.5 Å². The predicted molar refractivity (Wildman–Crippen MR) is 109 cm³/mol. The first-order valence-corrected chi connectivity index (χ1v) is 9.58. The first-order chi connectivity index (χ1) is 12.5. The summed E-state index contributed by atoms with van der Waals surface area (Å²) in [7, 11) is 0. The van der Waals surface area contributed by atoms with E-state index >= 15 is 0 Å². The van der Waals surface area contributed by atoms with Crippen LogP contribution in [-0.2, 0) is 13.0 Å². The third kappa shape index (κ3) is 4.05. The van der Waals surface area contributed by atoms with Crippen LogP contribution in [0, 0.1) is 0 Å². The molecule has 26 heavy (non-hydrogen) atoms. The van der Waals surface area contributed by atoms with Gasteiger partial charge in [0.15, 0.2) is 0 Å². The summed E-state index contributed by atoms with van der Waals surface area (Å²) in [4.78, 5) is 12.4. The molecule has 3 aromatic rings. The molecule has 5 heteroatoms. The van der Waals surface area contributed by atoms with Gasteiger partial charge < -0.3 is 9.88 Å². The number of nitrogens with zero attached hydrogens (tertiary/aromatic N) is 1. The van der Waals surface area contributed by atoms with E-state index in [1.54, 1.807) is 18.2 Å². The Balaban J connectivity index is 1.66. The number of hydrogen-bond acceptors (Lipinski definition) is 1. The van der Waals surface area contributed by atoms with Gasteiger partial charge in [-0.15, -0.1) is 0 Å². The van der Waals surface area contributed by atoms with Gasteiger partial charge in [0, 0.05) is 34.7 Å². The number of fused-ring (bicyclic) bond motifs is 1. The first kappa shape index (κ1) is 18.8. The molecular formula is C21H22Cl2N2O. The molecule has 2 aromatic carbocycles. The summed E-state index contributed by atoms with van der Waals surface area (Å²) in [5, 5.41) is 5.20. The second kappa shape index (κ2) is 8.15. The Morgan fingerprint density at radius 1 is 1.19 bits per heavy atom. The molecule has 1 unspecified atom stereocenters. The van der Waals surface area contributed by atoms with Gasteiger partial charge in [0.2, 0.25) is 0 Å². The van der Waals surface area contributed by atoms with Gasteiger partial charge >= 0.3 is 0 Å². The van der Waals surface area contributed by atoms with Crippen molar-refractivity contribution in [2.45, 2.75) is 39.3 Å². The molecule has 0 bridgehead atoms. The number of aromatic nitrogens is 1. The number of carbonyl (C=O) groups excluding carboxylic acids is 1. The van der Waals surface area contributed by atoms with Crippen LogP contribution in [0.3, 0.4) is 0 Å². The minimum Gasteiger partial charge on any atom is -0.350 e. The van der Waals surface area contributed by atoms with Crippen molar-refractivity contribution in [2.24, 2.45) is 0 Å². The molecule has 1 aromatic heterocycles. The molecule has 0 aliphatic rings. The van der Waals surface area contributed by atoms with E-state index in [1.807, 2.05) is 6.92 Å². The summed E-state index contributed by atoms with van der Waals surface area (Å²) in [6.45, 7) is 5.11. The Kier molecular flexibility index (Phi) is 5.90. The van der Waals surface area contributed by atoms with Crippen molar-refractivity contribution in [2.75, 3.05) is 0 Å². The van der Waals surface area contributed by atoms with Crippen LogP contribution in [0.4, 0.5) is 0 Å². The Morgan fingerprint density at radius 2 is 1.96 bits per heavy atom. The number of rotatable bonds is 6. The van der Waals surface area contributed by atoms with Crippen molar-refractivity contribution in [1.29, 1.82) is 0 Å². The average Bonchev–Trinajstić information content (AvgIpc) is 2.98. The number of aryl methyl sites for hydroxylation is 2. The van der Waals surface area contributed by atoms with E-state index < -0.39 is 0 Å². The van der Waals surface area contributed by atoms with E-state index in [1.165, 1.54) is 16.5 Å². The topological polar surface area (TPSA) is 34.0 Å². The quantitative estimate of drug-likeness (QED) is 0.575. The van der Waals surface area contributed by atoms with Crippen LogP contribution in [0.5, 0.6) is 0 Å². The highest BCUT2D eigenvalue weighted by molar-refractivity contribution is 6.36. The predicted octanol–water partition coefficient (Wildman–Crippen LogP) is 5.72. The van der Waals surface area contributed by atoms with Crippen molar-refractivity contribution < 1.29 is 4.79 Å². The molecule has 0 saturated heterocycles. The molecule has 1 heterocycles. The lowest BCUT2D eigenvalue weighted by atomic mass is 10.0. The molecular weight excluding hydrogens is 367 g/mol. The largest absolute Gasteiger partial charge is 0.350 e. The Hall–Kier alpha value is -1.97. The molecule has 0 aliphatic carbocycles. The van der Waals surface area contributed by atoms with Gasteiger partial charge in [-0.05, 0) is 56.5 Å². The number of halogens is 2. The van der Waals surface area contributed by atoms with Crippen LogP contribution in [0.25, 0.3) is 10.9 Å². The lowest BCUT2D eigenvalue weighted by Crippen LogP contribution is -2.33. The van der Waals surface area contributed by atoms with E-state index in [9.17, 15) is 4.79 Å². The van der Waals surface area contributed by atoms with E-state index in [0.717, 1.165) is 19.4 Å². The van der Waals surface area contributed by atoms with Gasteiger partial charge in [-0.25, -0.2) is 0 Å². The zero-order valence-corrected chi connectivity index (χ0v) is 16.4. The summed E-state index contributed by atoms with van der Waals surface area (Å²) in [5.41, 5.74) is 3.02. The number of hydrogen-bond donors (Lipinski definition) is 1. The number of amides is 1. The van der Waals surface area contributed by atoms with Crippen LogP contribution in [0.2, 0.25) is 10.0 Å². The van der Waals surface area contributed by atoms with Gasteiger partial charge in [0.1, 0.15) is 0 Å². The Morgan fingerprint density at radius 3 is 2.69 bits per heavy atom. The summed E-state index contributed by atoms with van der Waals surface area (Å²) >= 11 is 12.0. The molecule has 1 amide bonds. The first-order valence-electron chi connectivity index (χ1n) is 8.82. The van der Waals surface area contributed by atoms with E-state index in [0.29, 0.717) is 15.6 Å². The summed E-state index contributed by atoms with van der Waals surface area (Å²) < 4.78 is 2.27.